The van der Waals surface area contributed by atoms with E-state index in [1.54, 1.807) is 12.3 Å². The topological polar surface area (TPSA) is 61.8 Å². The van der Waals surface area contributed by atoms with Gasteiger partial charge in [-0.15, -0.1) is 0 Å². The number of aromatic amines is 1. The summed E-state index contributed by atoms with van der Waals surface area (Å²) in [4.78, 5) is 11.4. The van der Waals surface area contributed by atoms with E-state index in [9.17, 15) is 5.11 Å². The largest absolute Gasteiger partial charge is 0.506 e. The summed E-state index contributed by atoms with van der Waals surface area (Å²) in [7, 11) is 0. The van der Waals surface area contributed by atoms with E-state index >= 15 is 0 Å². The van der Waals surface area contributed by atoms with Crippen LogP contribution in [-0.2, 0) is 0 Å². The van der Waals surface area contributed by atoms with Crippen LogP contribution in [0.4, 0.5) is 0 Å². The number of hydrogen-bond donors (Lipinski definition) is 2. The van der Waals surface area contributed by atoms with Crippen LogP contribution in [0.25, 0.3) is 22.4 Å². The van der Waals surface area contributed by atoms with Gasteiger partial charge in [-0.05, 0) is 24.3 Å². The molecule has 0 saturated heterocycles. The van der Waals surface area contributed by atoms with Crippen LogP contribution >= 0.6 is 15.9 Å². The Bertz CT molecular complexity index is 693. The molecule has 0 unspecified atom stereocenters. The van der Waals surface area contributed by atoms with Gasteiger partial charge in [0.15, 0.2) is 0 Å². The minimum atomic E-state index is 0.116. The minimum Gasteiger partial charge on any atom is -0.506 e. The number of aromatic hydroxyl groups is 1. The molecule has 84 valence electrons. The Balaban J connectivity index is 2.22. The van der Waals surface area contributed by atoms with Gasteiger partial charge < -0.3 is 10.1 Å². The Morgan fingerprint density at radius 3 is 2.94 bits per heavy atom. The second kappa shape index (κ2) is 3.85. The highest BCUT2D eigenvalue weighted by Crippen LogP contribution is 2.28. The first kappa shape index (κ1) is 10.3. The first-order chi connectivity index (χ1) is 8.24. The van der Waals surface area contributed by atoms with Crippen LogP contribution in [0, 0.1) is 0 Å². The molecule has 5 heteroatoms. The molecule has 3 aromatic rings. The molecule has 2 aromatic heterocycles. The first-order valence-electron chi connectivity index (χ1n) is 5.02. The van der Waals surface area contributed by atoms with Crippen molar-refractivity contribution in [1.29, 1.82) is 0 Å². The number of benzene rings is 1. The summed E-state index contributed by atoms with van der Waals surface area (Å²) in [6, 6.07) is 7.52. The molecule has 0 fully saturated rings. The zero-order valence-electron chi connectivity index (χ0n) is 8.68. The maximum absolute atomic E-state index is 9.71. The normalized spacial score (nSPS) is 10.9. The molecule has 0 amide bonds. The second-order valence-electron chi connectivity index (χ2n) is 3.64. The molecule has 0 saturated carbocycles. The van der Waals surface area contributed by atoms with Crippen molar-refractivity contribution in [1.82, 2.24) is 15.0 Å². The molecule has 0 aliphatic carbocycles. The van der Waals surface area contributed by atoms with Crippen molar-refractivity contribution >= 4 is 27.0 Å². The molecular formula is C12H8BrN3O. The number of halogens is 1. The Morgan fingerprint density at radius 1 is 1.24 bits per heavy atom. The zero-order valence-corrected chi connectivity index (χ0v) is 10.3. The molecule has 0 aliphatic rings. The van der Waals surface area contributed by atoms with Crippen LogP contribution < -0.4 is 0 Å². The number of pyridine rings is 1. The van der Waals surface area contributed by atoms with Crippen molar-refractivity contribution in [2.75, 3.05) is 0 Å². The monoisotopic (exact) mass is 289 g/mol. The number of hydrogen-bond acceptors (Lipinski definition) is 3. The fourth-order valence-electron chi connectivity index (χ4n) is 1.70. The number of imidazole rings is 1. The van der Waals surface area contributed by atoms with E-state index in [1.165, 1.54) is 6.20 Å². The van der Waals surface area contributed by atoms with Gasteiger partial charge in [0, 0.05) is 10.7 Å². The van der Waals surface area contributed by atoms with Crippen LogP contribution in [0.2, 0.25) is 0 Å². The summed E-state index contributed by atoms with van der Waals surface area (Å²) < 4.78 is 0.985. The van der Waals surface area contributed by atoms with Crippen molar-refractivity contribution in [2.45, 2.75) is 0 Å². The van der Waals surface area contributed by atoms with E-state index in [2.05, 4.69) is 30.9 Å². The van der Waals surface area contributed by atoms with Crippen molar-refractivity contribution in [3.05, 3.63) is 41.1 Å². The molecule has 0 atom stereocenters. The highest BCUT2D eigenvalue weighted by molar-refractivity contribution is 9.10. The lowest BCUT2D eigenvalue weighted by Gasteiger charge is -1.98. The lowest BCUT2D eigenvalue weighted by atomic mass is 10.2. The lowest BCUT2D eigenvalue weighted by Crippen LogP contribution is -1.82. The van der Waals surface area contributed by atoms with E-state index in [0.717, 1.165) is 15.5 Å². The maximum Gasteiger partial charge on any atom is 0.144 e. The molecule has 0 spiro atoms. The number of rotatable bonds is 1. The van der Waals surface area contributed by atoms with Gasteiger partial charge in [0.05, 0.1) is 22.8 Å². The van der Waals surface area contributed by atoms with Crippen LogP contribution in [-0.4, -0.2) is 20.1 Å². The van der Waals surface area contributed by atoms with Crippen molar-refractivity contribution in [3.8, 4) is 17.1 Å². The van der Waals surface area contributed by atoms with Crippen molar-refractivity contribution < 1.29 is 5.11 Å². The van der Waals surface area contributed by atoms with E-state index in [1.807, 2.05) is 18.2 Å². The van der Waals surface area contributed by atoms with Gasteiger partial charge in [-0.25, -0.2) is 4.98 Å². The number of fused-ring (bicyclic) bond motifs is 1. The molecule has 2 N–H and O–H groups in total. The van der Waals surface area contributed by atoms with E-state index in [4.69, 9.17) is 0 Å². The molecular weight excluding hydrogens is 282 g/mol. The summed E-state index contributed by atoms with van der Waals surface area (Å²) in [5, 5.41) is 9.71. The van der Waals surface area contributed by atoms with Gasteiger partial charge in [0.2, 0.25) is 0 Å². The molecule has 0 radical (unpaired) electrons. The molecule has 3 rings (SSSR count). The number of H-pyrrole nitrogens is 1. The Morgan fingerprint density at radius 2 is 2.12 bits per heavy atom. The van der Waals surface area contributed by atoms with Crippen LogP contribution in [0.3, 0.4) is 0 Å². The minimum absolute atomic E-state index is 0.116. The fourth-order valence-corrected chi connectivity index (χ4v) is 2.06. The average Bonchev–Trinajstić information content (AvgIpc) is 2.72. The van der Waals surface area contributed by atoms with Gasteiger partial charge in [0.1, 0.15) is 11.6 Å². The van der Waals surface area contributed by atoms with Crippen molar-refractivity contribution in [3.63, 3.8) is 0 Å². The molecule has 0 bridgehead atoms. The average molecular weight is 290 g/mol. The van der Waals surface area contributed by atoms with Gasteiger partial charge in [-0.2, -0.15) is 0 Å². The highest BCUT2D eigenvalue weighted by Gasteiger charge is 2.09. The van der Waals surface area contributed by atoms with Gasteiger partial charge in [-0.1, -0.05) is 15.9 Å². The number of aromatic nitrogens is 3. The third-order valence-electron chi connectivity index (χ3n) is 2.50. The number of nitrogens with one attached hydrogen (secondary N) is 1. The zero-order chi connectivity index (χ0) is 11.8. The highest BCUT2D eigenvalue weighted by atomic mass is 79.9. The summed E-state index contributed by atoms with van der Waals surface area (Å²) in [5.74, 6) is 0.753. The predicted molar refractivity (Wildman–Crippen MR) is 68.7 cm³/mol. The Kier molecular flexibility index (Phi) is 2.33. The Hall–Kier alpha value is -1.88. The fraction of sp³-hybridized carbons (Fsp3) is 0. The third-order valence-corrected chi connectivity index (χ3v) is 2.99. The van der Waals surface area contributed by atoms with E-state index < -0.39 is 0 Å². The molecule has 0 aliphatic heterocycles. The second-order valence-corrected chi connectivity index (χ2v) is 4.56. The molecule has 4 nitrogen and oxygen atoms in total. The van der Waals surface area contributed by atoms with Gasteiger partial charge in [-0.3, -0.25) is 4.98 Å². The number of nitrogens with zero attached hydrogens (tertiary/aromatic N) is 2. The maximum atomic E-state index is 9.71. The van der Waals surface area contributed by atoms with E-state index in [-0.39, 0.29) is 5.75 Å². The van der Waals surface area contributed by atoms with Gasteiger partial charge >= 0.3 is 0 Å². The molecule has 1 aromatic carbocycles. The quantitative estimate of drug-likeness (QED) is 0.724. The summed E-state index contributed by atoms with van der Waals surface area (Å²) >= 11 is 3.41. The smallest absolute Gasteiger partial charge is 0.144 e. The van der Waals surface area contributed by atoms with Crippen LogP contribution in [0.15, 0.2) is 41.1 Å². The van der Waals surface area contributed by atoms with Gasteiger partial charge in [0.25, 0.3) is 0 Å². The van der Waals surface area contributed by atoms with Crippen LogP contribution in [0.5, 0.6) is 5.75 Å². The standard InChI is InChI=1S/C12H8BrN3O/c13-7-1-2-9-10(5-7)16-12(15-9)8-3-4-14-6-11(8)17/h1-6,17H,(H,15,16). The Labute approximate surface area is 105 Å². The van der Waals surface area contributed by atoms with Crippen molar-refractivity contribution in [2.24, 2.45) is 0 Å². The SMILES string of the molecule is Oc1cnccc1-c1nc2ccc(Br)cc2[nH]1. The molecule has 17 heavy (non-hydrogen) atoms. The van der Waals surface area contributed by atoms with Crippen LogP contribution in [0.1, 0.15) is 0 Å². The van der Waals surface area contributed by atoms with E-state index in [0.29, 0.717) is 11.4 Å². The summed E-state index contributed by atoms with van der Waals surface area (Å²) in [5.41, 5.74) is 2.43. The predicted octanol–water partition coefficient (Wildman–Crippen LogP) is 3.09. The summed E-state index contributed by atoms with van der Waals surface area (Å²) in [6.45, 7) is 0. The molecule has 2 heterocycles. The third kappa shape index (κ3) is 1.78. The summed E-state index contributed by atoms with van der Waals surface area (Å²) in [6.07, 6.45) is 3.02. The first-order valence-corrected chi connectivity index (χ1v) is 5.82. The lowest BCUT2D eigenvalue weighted by molar-refractivity contribution is 0.474.